The Balaban J connectivity index is 1.07. The number of imide groups is 1. The number of benzene rings is 3. The number of aliphatic carboxylic acids is 1. The van der Waals surface area contributed by atoms with Crippen molar-refractivity contribution < 1.29 is 42.9 Å². The molecule has 0 spiro atoms. The van der Waals surface area contributed by atoms with Crippen LogP contribution in [0, 0.1) is 5.82 Å². The molecule has 2 N–H and O–H groups in total. The van der Waals surface area contributed by atoms with Crippen LogP contribution in [-0.2, 0) is 20.4 Å². The first-order valence-electron chi connectivity index (χ1n) is 19.0. The van der Waals surface area contributed by atoms with E-state index in [0.717, 1.165) is 11.1 Å². The average Bonchev–Trinajstić information content (AvgIpc) is 3.68. The van der Waals surface area contributed by atoms with E-state index in [0.29, 0.717) is 107 Å². The molecule has 2 bridgehead atoms. The quantitative estimate of drug-likeness (QED) is 0.296. The van der Waals surface area contributed by atoms with Crippen molar-refractivity contribution in [1.82, 2.24) is 30.0 Å². The molecule has 14 nitrogen and oxygen atoms in total. The second kappa shape index (κ2) is 16.1. The number of hydrazine groups is 1. The van der Waals surface area contributed by atoms with E-state index < -0.39 is 34.9 Å². The molecule has 15 heteroatoms. The van der Waals surface area contributed by atoms with Gasteiger partial charge >= 0.3 is 12.0 Å². The molecule has 5 fully saturated rings. The molecule has 5 aliphatic heterocycles. The van der Waals surface area contributed by atoms with Crippen molar-refractivity contribution >= 4 is 23.8 Å². The SMILES string of the molecule is COc1cc(C(=O)N2CCC(CCN3CCC(C(=O)NC(=O)N4C(C(=O)O)N5CCN4CC5)(c4ccccc4)CC3)(c3cccc(F)c3)C2)cc(OC)c1OC. The fraction of sp³-hybridized carbons (Fsp3) is 0.463. The topological polar surface area (TPSA) is 144 Å². The molecule has 56 heavy (non-hydrogen) atoms. The highest BCUT2D eigenvalue weighted by atomic mass is 19.1. The lowest BCUT2D eigenvalue weighted by atomic mass is 9.71. The molecule has 5 aliphatic rings. The minimum Gasteiger partial charge on any atom is -0.493 e. The summed E-state index contributed by atoms with van der Waals surface area (Å²) < 4.78 is 31.2. The number of rotatable bonds is 11. The standard InChI is InChI=1S/C41H49FN6O8/c1-54-32-24-28(25-33(55-2)34(32)56-3)36(49)46-19-13-40(27-46,30-10-7-11-31(42)26-30)12-16-44-17-14-41(15-18-44,29-8-5-4-6-9-29)38(52)43-39(53)48-35(37(50)51)45-20-22-47(48)23-21-45/h4-11,24-26,35H,12-23,27H2,1-3H3,(H,50,51)(H,43,52,53). The van der Waals surface area contributed by atoms with Crippen LogP contribution in [0.2, 0.25) is 0 Å². The van der Waals surface area contributed by atoms with Gasteiger partial charge in [0.15, 0.2) is 11.5 Å². The summed E-state index contributed by atoms with van der Waals surface area (Å²) in [6.07, 6.45) is 0.936. The number of fused-ring (bicyclic) bond motifs is 3. The number of likely N-dealkylation sites (tertiary alicyclic amines) is 2. The molecular weight excluding hydrogens is 723 g/mol. The lowest BCUT2D eigenvalue weighted by Gasteiger charge is -2.52. The number of ether oxygens (including phenoxy) is 3. The van der Waals surface area contributed by atoms with Crippen LogP contribution in [0.1, 0.15) is 47.2 Å². The molecule has 4 amide bonds. The highest BCUT2D eigenvalue weighted by Crippen LogP contribution is 2.43. The number of carbonyl (C=O) groups excluding carboxylic acids is 3. The minimum absolute atomic E-state index is 0.199. The Kier molecular flexibility index (Phi) is 11.2. The van der Waals surface area contributed by atoms with Crippen molar-refractivity contribution in [3.8, 4) is 17.2 Å². The molecule has 5 saturated heterocycles. The third-order valence-electron chi connectivity index (χ3n) is 12.2. The summed E-state index contributed by atoms with van der Waals surface area (Å²) in [5, 5.41) is 15.5. The zero-order valence-corrected chi connectivity index (χ0v) is 32.0. The summed E-state index contributed by atoms with van der Waals surface area (Å²) in [5.74, 6) is -1.00. The predicted octanol–water partition coefficient (Wildman–Crippen LogP) is 3.55. The van der Waals surface area contributed by atoms with Crippen LogP contribution >= 0.6 is 0 Å². The molecule has 3 aromatic rings. The molecule has 8 rings (SSSR count). The normalized spacial score (nSPS) is 24.4. The summed E-state index contributed by atoms with van der Waals surface area (Å²) in [6.45, 7) is 4.62. The van der Waals surface area contributed by atoms with Crippen LogP contribution in [0.3, 0.4) is 0 Å². The van der Waals surface area contributed by atoms with Crippen LogP contribution in [0.5, 0.6) is 17.2 Å². The van der Waals surface area contributed by atoms with Crippen LogP contribution in [-0.4, -0.2) is 140 Å². The summed E-state index contributed by atoms with van der Waals surface area (Å²) >= 11 is 0. The number of amides is 4. The number of carboxylic acids is 1. The van der Waals surface area contributed by atoms with Gasteiger partial charge in [-0.1, -0.05) is 42.5 Å². The monoisotopic (exact) mass is 772 g/mol. The van der Waals surface area contributed by atoms with Crippen molar-refractivity contribution in [2.45, 2.75) is 42.7 Å². The van der Waals surface area contributed by atoms with Crippen molar-refractivity contribution in [3.05, 3.63) is 89.2 Å². The van der Waals surface area contributed by atoms with Gasteiger partial charge in [-0.05, 0) is 80.7 Å². The molecule has 0 saturated carbocycles. The van der Waals surface area contributed by atoms with E-state index in [2.05, 4.69) is 10.2 Å². The van der Waals surface area contributed by atoms with Crippen molar-refractivity contribution in [1.29, 1.82) is 0 Å². The minimum atomic E-state index is -1.17. The molecule has 0 aromatic heterocycles. The Morgan fingerprint density at radius 1 is 0.804 bits per heavy atom. The van der Waals surface area contributed by atoms with E-state index in [9.17, 15) is 28.7 Å². The Labute approximate surface area is 325 Å². The van der Waals surface area contributed by atoms with Gasteiger partial charge < -0.3 is 29.1 Å². The third-order valence-corrected chi connectivity index (χ3v) is 12.2. The molecule has 3 aromatic carbocycles. The van der Waals surface area contributed by atoms with Gasteiger partial charge in [0.2, 0.25) is 17.8 Å². The highest BCUT2D eigenvalue weighted by molar-refractivity contribution is 6.01. The number of nitrogens with zero attached hydrogens (tertiary/aromatic N) is 5. The summed E-state index contributed by atoms with van der Waals surface area (Å²) in [4.78, 5) is 60.0. The number of methoxy groups -OCH3 is 3. The van der Waals surface area contributed by atoms with Crippen LogP contribution < -0.4 is 19.5 Å². The van der Waals surface area contributed by atoms with Gasteiger partial charge in [0.1, 0.15) is 5.82 Å². The van der Waals surface area contributed by atoms with Gasteiger partial charge in [-0.2, -0.15) is 0 Å². The lowest BCUT2D eigenvalue weighted by Crippen LogP contribution is -2.74. The fourth-order valence-electron chi connectivity index (χ4n) is 9.02. The predicted molar refractivity (Wildman–Crippen MR) is 203 cm³/mol. The first-order chi connectivity index (χ1) is 27.0. The van der Waals surface area contributed by atoms with E-state index in [1.807, 2.05) is 36.4 Å². The molecule has 5 heterocycles. The summed E-state index contributed by atoms with van der Waals surface area (Å²) in [6, 6.07) is 18.5. The number of piperidine rings is 1. The molecule has 0 aliphatic carbocycles. The number of halogens is 1. The van der Waals surface area contributed by atoms with E-state index in [4.69, 9.17) is 14.2 Å². The maximum Gasteiger partial charge on any atom is 0.343 e. The maximum atomic E-state index is 14.8. The van der Waals surface area contributed by atoms with E-state index in [1.54, 1.807) is 39.1 Å². The molecule has 2 unspecified atom stereocenters. The first-order valence-corrected chi connectivity index (χ1v) is 19.0. The lowest BCUT2D eigenvalue weighted by molar-refractivity contribution is -0.190. The molecule has 298 valence electrons. The maximum absolute atomic E-state index is 14.8. The van der Waals surface area contributed by atoms with E-state index in [-0.39, 0.29) is 11.7 Å². The van der Waals surface area contributed by atoms with Crippen molar-refractivity contribution in [2.75, 3.05) is 80.2 Å². The number of hydrogen-bond acceptors (Lipinski definition) is 10. The number of urea groups is 1. The third kappa shape index (κ3) is 7.26. The zero-order chi connectivity index (χ0) is 39.6. The van der Waals surface area contributed by atoms with Gasteiger partial charge in [0.05, 0.1) is 26.7 Å². The average molecular weight is 773 g/mol. The molecular formula is C41H49FN6O8. The number of hydrogen-bond donors (Lipinski definition) is 2. The number of carboxylic acid groups (broad SMARTS) is 1. The number of carbonyl (C=O) groups is 4. The second-order valence-electron chi connectivity index (χ2n) is 15.0. The van der Waals surface area contributed by atoms with Crippen LogP contribution in [0.25, 0.3) is 0 Å². The zero-order valence-electron chi connectivity index (χ0n) is 32.0. The van der Waals surface area contributed by atoms with Gasteiger partial charge in [0, 0.05) is 50.2 Å². The highest BCUT2D eigenvalue weighted by Gasteiger charge is 2.49. The van der Waals surface area contributed by atoms with Gasteiger partial charge in [-0.25, -0.2) is 24.0 Å². The summed E-state index contributed by atoms with van der Waals surface area (Å²) in [5.41, 5.74) is 0.450. The largest absolute Gasteiger partial charge is 0.493 e. The van der Waals surface area contributed by atoms with Gasteiger partial charge in [-0.15, -0.1) is 0 Å². The van der Waals surface area contributed by atoms with Gasteiger partial charge in [-0.3, -0.25) is 19.8 Å². The Morgan fingerprint density at radius 2 is 1.46 bits per heavy atom. The van der Waals surface area contributed by atoms with Gasteiger partial charge in [0.25, 0.3) is 5.91 Å². The molecule has 2 atom stereocenters. The molecule has 0 radical (unpaired) electrons. The van der Waals surface area contributed by atoms with Crippen LogP contribution in [0.15, 0.2) is 66.7 Å². The first kappa shape index (κ1) is 39.0. The Bertz CT molecular complexity index is 1930. The second-order valence-corrected chi connectivity index (χ2v) is 15.0. The van der Waals surface area contributed by atoms with Crippen molar-refractivity contribution in [2.24, 2.45) is 0 Å². The Hall–Kier alpha value is -5.25. The fourth-order valence-corrected chi connectivity index (χ4v) is 9.02. The van der Waals surface area contributed by atoms with Crippen molar-refractivity contribution in [3.63, 3.8) is 0 Å². The number of piperazine rings is 1. The van der Waals surface area contributed by atoms with Crippen LogP contribution in [0.4, 0.5) is 9.18 Å². The summed E-state index contributed by atoms with van der Waals surface area (Å²) in [7, 11) is 4.50. The number of nitrogens with one attached hydrogen (secondary N) is 1. The van der Waals surface area contributed by atoms with E-state index in [1.165, 1.54) is 32.4 Å². The van der Waals surface area contributed by atoms with E-state index >= 15 is 0 Å². The Morgan fingerprint density at radius 3 is 2.07 bits per heavy atom. The smallest absolute Gasteiger partial charge is 0.343 e.